The van der Waals surface area contributed by atoms with E-state index in [0.29, 0.717) is 30.3 Å². The van der Waals surface area contributed by atoms with E-state index in [9.17, 15) is 4.79 Å². The molecule has 0 aliphatic carbocycles. The number of hydrogen-bond donors (Lipinski definition) is 1. The fourth-order valence-electron chi connectivity index (χ4n) is 2.59. The van der Waals surface area contributed by atoms with Gasteiger partial charge >= 0.3 is 0 Å². The molecule has 0 radical (unpaired) electrons. The van der Waals surface area contributed by atoms with E-state index in [-0.39, 0.29) is 5.91 Å². The summed E-state index contributed by atoms with van der Waals surface area (Å²) in [5.74, 6) is 1.01. The van der Waals surface area contributed by atoms with Gasteiger partial charge in [-0.3, -0.25) is 4.79 Å². The van der Waals surface area contributed by atoms with Crippen LogP contribution in [0.1, 0.15) is 28.4 Å². The first-order valence-electron chi connectivity index (χ1n) is 9.18. The van der Waals surface area contributed by atoms with E-state index in [4.69, 9.17) is 9.47 Å². The fraction of sp³-hybridized carbons (Fsp3) is 0.130. The Morgan fingerprint density at radius 3 is 2.59 bits per heavy atom. The SMILES string of the molecule is CCOc1cc(C=NNC(=O)c2cccc(Br)c2)ccc1OCc1ccccc1. The molecular formula is C23H21BrN2O3. The molecule has 0 atom stereocenters. The average Bonchev–Trinajstić information content (AvgIpc) is 2.74. The Labute approximate surface area is 178 Å². The number of amides is 1. The zero-order valence-corrected chi connectivity index (χ0v) is 17.6. The molecule has 0 unspecified atom stereocenters. The second-order valence-corrected chi connectivity index (χ2v) is 7.04. The molecule has 0 fully saturated rings. The van der Waals surface area contributed by atoms with E-state index in [0.717, 1.165) is 15.6 Å². The van der Waals surface area contributed by atoms with Gasteiger partial charge in [0.1, 0.15) is 6.61 Å². The number of benzene rings is 3. The van der Waals surface area contributed by atoms with Gasteiger partial charge in [0, 0.05) is 10.0 Å². The highest BCUT2D eigenvalue weighted by Crippen LogP contribution is 2.28. The van der Waals surface area contributed by atoms with Gasteiger partial charge in [-0.05, 0) is 54.4 Å². The zero-order chi connectivity index (χ0) is 20.5. The molecule has 0 bridgehead atoms. The Kier molecular flexibility index (Phi) is 7.41. The first-order chi connectivity index (χ1) is 14.2. The van der Waals surface area contributed by atoms with Crippen LogP contribution in [-0.2, 0) is 6.61 Å². The topological polar surface area (TPSA) is 59.9 Å². The standard InChI is InChI=1S/C23H21BrN2O3/c1-2-28-22-13-18(11-12-21(22)29-16-17-7-4-3-5-8-17)15-25-26-23(27)19-9-6-10-20(24)14-19/h3-15H,2,16H2,1H3,(H,26,27). The van der Waals surface area contributed by atoms with Gasteiger partial charge in [-0.1, -0.05) is 52.3 Å². The maximum Gasteiger partial charge on any atom is 0.271 e. The lowest BCUT2D eigenvalue weighted by Gasteiger charge is -2.12. The van der Waals surface area contributed by atoms with Gasteiger partial charge in [-0.25, -0.2) is 5.43 Å². The zero-order valence-electron chi connectivity index (χ0n) is 16.0. The summed E-state index contributed by atoms with van der Waals surface area (Å²) in [6.45, 7) is 2.89. The maximum absolute atomic E-state index is 12.1. The monoisotopic (exact) mass is 452 g/mol. The molecular weight excluding hydrogens is 432 g/mol. The highest BCUT2D eigenvalue weighted by atomic mass is 79.9. The lowest BCUT2D eigenvalue weighted by molar-refractivity contribution is 0.0955. The van der Waals surface area contributed by atoms with Crippen LogP contribution in [-0.4, -0.2) is 18.7 Å². The summed E-state index contributed by atoms with van der Waals surface area (Å²) in [4.78, 5) is 12.1. The smallest absolute Gasteiger partial charge is 0.271 e. The Morgan fingerprint density at radius 1 is 1.00 bits per heavy atom. The summed E-state index contributed by atoms with van der Waals surface area (Å²) in [7, 11) is 0. The van der Waals surface area contributed by atoms with Gasteiger partial charge in [0.25, 0.3) is 5.91 Å². The molecule has 1 N–H and O–H groups in total. The van der Waals surface area contributed by atoms with Crippen LogP contribution in [0.3, 0.4) is 0 Å². The van der Waals surface area contributed by atoms with Crippen molar-refractivity contribution in [1.82, 2.24) is 5.43 Å². The third-order valence-corrected chi connectivity index (χ3v) is 4.46. The van der Waals surface area contributed by atoms with Crippen LogP contribution >= 0.6 is 15.9 Å². The molecule has 0 aliphatic heterocycles. The van der Waals surface area contributed by atoms with E-state index in [2.05, 4.69) is 26.5 Å². The Balaban J connectivity index is 1.65. The molecule has 1 amide bonds. The molecule has 29 heavy (non-hydrogen) atoms. The van der Waals surface area contributed by atoms with Gasteiger partial charge in [0.05, 0.1) is 12.8 Å². The predicted octanol–water partition coefficient (Wildman–Crippen LogP) is 5.19. The minimum atomic E-state index is -0.282. The van der Waals surface area contributed by atoms with Gasteiger partial charge in [0.2, 0.25) is 0 Å². The third-order valence-electron chi connectivity index (χ3n) is 3.97. The molecule has 6 heteroatoms. The van der Waals surface area contributed by atoms with Crippen LogP contribution in [0.25, 0.3) is 0 Å². The summed E-state index contributed by atoms with van der Waals surface area (Å²) < 4.78 is 12.4. The van der Waals surface area contributed by atoms with Crippen molar-refractivity contribution in [2.24, 2.45) is 5.10 Å². The van der Waals surface area contributed by atoms with Crippen LogP contribution in [0.2, 0.25) is 0 Å². The number of ether oxygens (including phenoxy) is 2. The van der Waals surface area contributed by atoms with Crippen molar-refractivity contribution in [3.8, 4) is 11.5 Å². The van der Waals surface area contributed by atoms with Crippen LogP contribution in [0, 0.1) is 0 Å². The normalized spacial score (nSPS) is 10.7. The van der Waals surface area contributed by atoms with E-state index >= 15 is 0 Å². The number of nitrogens with zero attached hydrogens (tertiary/aromatic N) is 1. The van der Waals surface area contributed by atoms with Gasteiger partial charge in [-0.2, -0.15) is 5.10 Å². The van der Waals surface area contributed by atoms with E-state index in [1.807, 2.05) is 61.5 Å². The van der Waals surface area contributed by atoms with Crippen LogP contribution < -0.4 is 14.9 Å². The van der Waals surface area contributed by atoms with Crippen molar-refractivity contribution in [1.29, 1.82) is 0 Å². The summed E-state index contributed by atoms with van der Waals surface area (Å²) >= 11 is 3.35. The molecule has 5 nitrogen and oxygen atoms in total. The minimum absolute atomic E-state index is 0.282. The van der Waals surface area contributed by atoms with Crippen molar-refractivity contribution >= 4 is 28.1 Å². The van der Waals surface area contributed by atoms with E-state index in [1.54, 1.807) is 24.4 Å². The molecule has 0 saturated heterocycles. The number of nitrogens with one attached hydrogen (secondary N) is 1. The maximum atomic E-state index is 12.1. The second-order valence-electron chi connectivity index (χ2n) is 6.12. The van der Waals surface area contributed by atoms with Crippen LogP contribution in [0.15, 0.2) is 82.4 Å². The fourth-order valence-corrected chi connectivity index (χ4v) is 2.99. The Morgan fingerprint density at radius 2 is 1.83 bits per heavy atom. The van der Waals surface area contributed by atoms with Crippen LogP contribution in [0.5, 0.6) is 11.5 Å². The van der Waals surface area contributed by atoms with Gasteiger partial charge < -0.3 is 9.47 Å². The molecule has 0 saturated carbocycles. The highest BCUT2D eigenvalue weighted by molar-refractivity contribution is 9.10. The van der Waals surface area contributed by atoms with Crippen molar-refractivity contribution in [3.05, 3.63) is 94.0 Å². The molecule has 148 valence electrons. The molecule has 0 heterocycles. The molecule has 3 rings (SSSR count). The number of hydrogen-bond acceptors (Lipinski definition) is 4. The lowest BCUT2D eigenvalue weighted by Crippen LogP contribution is -2.17. The first-order valence-corrected chi connectivity index (χ1v) is 9.97. The largest absolute Gasteiger partial charge is 0.490 e. The van der Waals surface area contributed by atoms with Crippen LogP contribution in [0.4, 0.5) is 0 Å². The van der Waals surface area contributed by atoms with Crippen molar-refractivity contribution in [2.75, 3.05) is 6.61 Å². The predicted molar refractivity (Wildman–Crippen MR) is 118 cm³/mol. The number of carbonyl (C=O) groups excluding carboxylic acids is 1. The number of hydrazone groups is 1. The highest BCUT2D eigenvalue weighted by Gasteiger charge is 2.07. The van der Waals surface area contributed by atoms with Gasteiger partial charge in [-0.15, -0.1) is 0 Å². The van der Waals surface area contributed by atoms with Crippen molar-refractivity contribution in [2.45, 2.75) is 13.5 Å². The van der Waals surface area contributed by atoms with E-state index in [1.165, 1.54) is 0 Å². The summed E-state index contributed by atoms with van der Waals surface area (Å²) in [6.07, 6.45) is 1.57. The third kappa shape index (κ3) is 6.19. The quantitative estimate of drug-likeness (QED) is 0.377. The average molecular weight is 453 g/mol. The summed E-state index contributed by atoms with van der Waals surface area (Å²) in [5, 5.41) is 4.04. The first kappa shape index (κ1) is 20.6. The lowest BCUT2D eigenvalue weighted by atomic mass is 10.2. The summed E-state index contributed by atoms with van der Waals surface area (Å²) in [5.41, 5.74) is 4.92. The summed E-state index contributed by atoms with van der Waals surface area (Å²) in [6, 6.07) is 22.6. The molecule has 0 aromatic heterocycles. The molecule has 3 aromatic carbocycles. The Hall–Kier alpha value is -3.12. The number of rotatable bonds is 8. The minimum Gasteiger partial charge on any atom is -0.490 e. The van der Waals surface area contributed by atoms with Crippen molar-refractivity contribution < 1.29 is 14.3 Å². The molecule has 0 spiro atoms. The van der Waals surface area contributed by atoms with E-state index < -0.39 is 0 Å². The van der Waals surface area contributed by atoms with Crippen molar-refractivity contribution in [3.63, 3.8) is 0 Å². The molecule has 0 aliphatic rings. The Bertz CT molecular complexity index is 990. The number of carbonyl (C=O) groups is 1. The molecule has 3 aromatic rings. The second kappa shape index (κ2) is 10.4. The number of halogens is 1. The van der Waals surface area contributed by atoms with Gasteiger partial charge in [0.15, 0.2) is 11.5 Å².